The third-order valence-corrected chi connectivity index (χ3v) is 7.90. The minimum absolute atomic E-state index is 0.212. The van der Waals surface area contributed by atoms with Crippen molar-refractivity contribution in [2.24, 2.45) is 0 Å². The summed E-state index contributed by atoms with van der Waals surface area (Å²) in [5.41, 5.74) is 2.74. The molecule has 0 radical (unpaired) electrons. The number of hydrogen-bond acceptors (Lipinski definition) is 10. The van der Waals surface area contributed by atoms with Gasteiger partial charge in [0.15, 0.2) is 5.13 Å². The number of tetrazole rings is 1. The summed E-state index contributed by atoms with van der Waals surface area (Å²) in [6.07, 6.45) is 4.73. The number of piperidine rings is 1. The van der Waals surface area contributed by atoms with E-state index in [1.807, 2.05) is 25.1 Å². The van der Waals surface area contributed by atoms with E-state index in [0.717, 1.165) is 48.5 Å². The van der Waals surface area contributed by atoms with Crippen LogP contribution in [0.1, 0.15) is 29.7 Å². The highest BCUT2D eigenvalue weighted by atomic mass is 32.2. The Balaban J connectivity index is 1.42. The lowest BCUT2D eigenvalue weighted by Crippen LogP contribution is -2.31. The van der Waals surface area contributed by atoms with E-state index in [2.05, 4.69) is 36.0 Å². The van der Waals surface area contributed by atoms with E-state index in [9.17, 15) is 18.0 Å². The molecule has 0 saturated carbocycles. The molecule has 0 spiro atoms. The molecule has 186 valence electrons. The van der Waals surface area contributed by atoms with Crippen LogP contribution in [-0.4, -0.2) is 63.8 Å². The topological polar surface area (TPSA) is 172 Å². The fraction of sp³-hybridized carbons (Fsp3) is 0.400. The number of carboxylic acids is 1. The Kier molecular flexibility index (Phi) is 7.25. The number of rotatable bonds is 8. The Labute approximate surface area is 205 Å². The molecule has 4 rings (SSSR count). The van der Waals surface area contributed by atoms with Crippen molar-refractivity contribution in [2.45, 2.75) is 43.6 Å². The monoisotopic (exact) mass is 520 g/mol. The first kappa shape index (κ1) is 24.5. The molecule has 35 heavy (non-hydrogen) atoms. The number of aryl methyl sites for hydroxylation is 1. The van der Waals surface area contributed by atoms with Crippen LogP contribution >= 0.6 is 11.3 Å². The van der Waals surface area contributed by atoms with Crippen LogP contribution in [0.5, 0.6) is 0 Å². The molecular formula is C20H24N8O5S2. The predicted molar refractivity (Wildman–Crippen MR) is 128 cm³/mol. The number of nitrogens with one attached hydrogen (secondary N) is 2. The molecule has 3 heterocycles. The minimum Gasteiger partial charge on any atom is -0.480 e. The highest BCUT2D eigenvalue weighted by Crippen LogP contribution is 2.30. The lowest BCUT2D eigenvalue weighted by molar-refractivity contribution is -0.138. The van der Waals surface area contributed by atoms with Gasteiger partial charge in [-0.25, -0.2) is 22.9 Å². The maximum atomic E-state index is 12.7. The fourth-order valence-electron chi connectivity index (χ4n) is 3.72. The molecule has 1 aliphatic rings. The lowest BCUT2D eigenvalue weighted by atomic mass is 10.1. The molecule has 3 N–H and O–H groups in total. The van der Waals surface area contributed by atoms with Crippen LogP contribution in [-0.2, 0) is 26.9 Å². The number of carbonyl (C=O) groups excluding carboxylic acids is 1. The number of urea groups is 1. The number of aromatic nitrogens is 5. The van der Waals surface area contributed by atoms with Crippen molar-refractivity contribution in [1.82, 2.24) is 25.2 Å². The normalized spacial score (nSPS) is 14.0. The summed E-state index contributed by atoms with van der Waals surface area (Å²) in [7, 11) is -4.03. The second-order valence-corrected chi connectivity index (χ2v) is 11.0. The van der Waals surface area contributed by atoms with Crippen LogP contribution in [0.25, 0.3) is 0 Å². The third-order valence-electron chi connectivity index (χ3n) is 5.27. The van der Waals surface area contributed by atoms with Gasteiger partial charge >= 0.3 is 12.0 Å². The number of aliphatic carboxylic acids is 1. The number of anilines is 3. The van der Waals surface area contributed by atoms with Gasteiger partial charge < -0.3 is 15.3 Å². The van der Waals surface area contributed by atoms with Crippen LogP contribution in [0.4, 0.5) is 21.3 Å². The van der Waals surface area contributed by atoms with Crippen LogP contribution in [0.2, 0.25) is 0 Å². The van der Waals surface area contributed by atoms with Crippen LogP contribution < -0.4 is 15.5 Å². The molecule has 1 aliphatic heterocycles. The zero-order valence-electron chi connectivity index (χ0n) is 18.8. The van der Waals surface area contributed by atoms with E-state index in [4.69, 9.17) is 5.11 Å². The van der Waals surface area contributed by atoms with Gasteiger partial charge in [0.2, 0.25) is 9.84 Å². The van der Waals surface area contributed by atoms with Gasteiger partial charge in [-0.15, -0.1) is 11.3 Å². The Morgan fingerprint density at radius 2 is 1.94 bits per heavy atom. The van der Waals surface area contributed by atoms with E-state index in [1.165, 1.54) is 12.6 Å². The highest BCUT2D eigenvalue weighted by Gasteiger charge is 2.26. The van der Waals surface area contributed by atoms with Gasteiger partial charge in [0.1, 0.15) is 6.54 Å². The van der Waals surface area contributed by atoms with Gasteiger partial charge in [0.25, 0.3) is 5.16 Å². The minimum atomic E-state index is -4.03. The van der Waals surface area contributed by atoms with Gasteiger partial charge in [-0.3, -0.25) is 10.1 Å². The number of hydrogen-bond donors (Lipinski definition) is 3. The summed E-state index contributed by atoms with van der Waals surface area (Å²) >= 11 is 0.984. The van der Waals surface area contributed by atoms with Crippen molar-refractivity contribution in [1.29, 1.82) is 0 Å². The van der Waals surface area contributed by atoms with Gasteiger partial charge in [-0.2, -0.15) is 0 Å². The van der Waals surface area contributed by atoms with Crippen molar-refractivity contribution in [3.05, 3.63) is 34.8 Å². The Bertz CT molecular complexity index is 1330. The van der Waals surface area contributed by atoms with Crippen LogP contribution in [0, 0.1) is 6.92 Å². The molecule has 3 aromatic rings. The lowest BCUT2D eigenvalue weighted by Gasteiger charge is -2.30. The molecule has 15 heteroatoms. The number of thiazole rings is 1. The molecule has 0 unspecified atom stereocenters. The van der Waals surface area contributed by atoms with Crippen LogP contribution in [0.3, 0.4) is 0 Å². The standard InChI is InChI=1S/C20H24N8O5S2/c1-13-5-6-15(16(9-13)27-7-3-2-4-8-27)22-18(31)23-19-21-10-14(34-19)12-35(32,33)20-24-25-26-28(20)11-17(29)30/h5-6,9-10H,2-4,7-8,11-12H2,1H3,(H,29,30)(H2,21,22,23,31). The molecule has 0 aliphatic carbocycles. The Morgan fingerprint density at radius 1 is 1.17 bits per heavy atom. The molecule has 1 saturated heterocycles. The number of benzene rings is 1. The van der Waals surface area contributed by atoms with Crippen molar-refractivity contribution >= 4 is 49.7 Å². The summed E-state index contributed by atoms with van der Waals surface area (Å²) in [5.74, 6) is -1.77. The Morgan fingerprint density at radius 3 is 2.69 bits per heavy atom. The van der Waals surface area contributed by atoms with Crippen molar-refractivity contribution < 1.29 is 23.1 Å². The van der Waals surface area contributed by atoms with E-state index >= 15 is 0 Å². The molecule has 13 nitrogen and oxygen atoms in total. The quantitative estimate of drug-likeness (QED) is 0.399. The maximum absolute atomic E-state index is 12.7. The number of nitrogens with zero attached hydrogens (tertiary/aromatic N) is 6. The van der Waals surface area contributed by atoms with Gasteiger partial charge in [-0.1, -0.05) is 11.2 Å². The first-order valence-corrected chi connectivity index (χ1v) is 13.3. The van der Waals surface area contributed by atoms with E-state index in [1.54, 1.807) is 0 Å². The third kappa shape index (κ3) is 6.10. The summed E-state index contributed by atoms with van der Waals surface area (Å²) in [6.45, 7) is 3.18. The van der Waals surface area contributed by atoms with Crippen molar-refractivity contribution in [2.75, 3.05) is 28.6 Å². The van der Waals surface area contributed by atoms with Gasteiger partial charge in [0.05, 0.1) is 17.1 Å². The smallest absolute Gasteiger partial charge is 0.325 e. The van der Waals surface area contributed by atoms with E-state index in [0.29, 0.717) is 15.2 Å². The summed E-state index contributed by atoms with van der Waals surface area (Å²) in [4.78, 5) is 30.2. The average Bonchev–Trinajstić information content (AvgIpc) is 3.44. The molecule has 0 atom stereocenters. The van der Waals surface area contributed by atoms with Crippen LogP contribution in [0.15, 0.2) is 29.6 Å². The van der Waals surface area contributed by atoms with Gasteiger partial charge in [0, 0.05) is 24.2 Å². The second-order valence-electron chi connectivity index (χ2n) is 8.05. The number of sulfone groups is 1. The summed E-state index contributed by atoms with van der Waals surface area (Å²) in [6, 6.07) is 5.33. The maximum Gasteiger partial charge on any atom is 0.325 e. The fourth-order valence-corrected chi connectivity index (χ4v) is 6.19. The average molecular weight is 521 g/mol. The molecule has 2 amide bonds. The Hall–Kier alpha value is -3.59. The first-order chi connectivity index (χ1) is 16.7. The number of carbonyl (C=O) groups is 2. The molecule has 1 fully saturated rings. The summed E-state index contributed by atoms with van der Waals surface area (Å²) in [5, 5.41) is 24.2. The zero-order chi connectivity index (χ0) is 25.0. The van der Waals surface area contributed by atoms with E-state index < -0.39 is 39.3 Å². The highest BCUT2D eigenvalue weighted by molar-refractivity contribution is 7.90. The zero-order valence-corrected chi connectivity index (χ0v) is 20.5. The van der Waals surface area contributed by atoms with Crippen molar-refractivity contribution in [3.8, 4) is 0 Å². The molecular weight excluding hydrogens is 496 g/mol. The molecule has 2 aromatic heterocycles. The van der Waals surface area contributed by atoms with Crippen molar-refractivity contribution in [3.63, 3.8) is 0 Å². The molecule has 1 aromatic carbocycles. The SMILES string of the molecule is Cc1ccc(NC(=O)Nc2ncc(CS(=O)(=O)c3nnnn3CC(=O)O)s2)c(N2CCCCC2)c1. The predicted octanol–water partition coefficient (Wildman–Crippen LogP) is 2.13. The number of carboxylic acid groups (broad SMARTS) is 1. The largest absolute Gasteiger partial charge is 0.480 e. The first-order valence-electron chi connectivity index (χ1n) is 10.8. The number of amides is 2. The van der Waals surface area contributed by atoms with Gasteiger partial charge in [-0.05, 0) is 54.3 Å². The molecule has 0 bridgehead atoms. The summed E-state index contributed by atoms with van der Waals surface area (Å²) < 4.78 is 26.0. The second kappa shape index (κ2) is 10.4. The van der Waals surface area contributed by atoms with E-state index in [-0.39, 0.29) is 5.13 Å².